The number of hydrogen-bond donors (Lipinski definition) is 0. The lowest BCUT2D eigenvalue weighted by atomic mass is 10.1. The van der Waals surface area contributed by atoms with Crippen LogP contribution in [0.5, 0.6) is 0 Å². The summed E-state index contributed by atoms with van der Waals surface area (Å²) in [5.41, 5.74) is 4.02. The van der Waals surface area contributed by atoms with Crippen LogP contribution in [0.25, 0.3) is 6.08 Å². The highest BCUT2D eigenvalue weighted by molar-refractivity contribution is 8.77. The van der Waals surface area contributed by atoms with Gasteiger partial charge in [-0.15, -0.1) is 0 Å². The minimum atomic E-state index is 0.425. The highest BCUT2D eigenvalue weighted by Gasteiger charge is 2.25. The van der Waals surface area contributed by atoms with Crippen LogP contribution in [0.3, 0.4) is 0 Å². The maximum atomic E-state index is 2.31. The zero-order valence-electron chi connectivity index (χ0n) is 11.6. The van der Waals surface area contributed by atoms with Crippen LogP contribution in [-0.2, 0) is 0 Å². The number of hydrogen-bond acceptors (Lipinski definition) is 3. The van der Waals surface area contributed by atoms with Gasteiger partial charge in [0.05, 0.1) is 5.25 Å². The molecule has 0 saturated carbocycles. The fourth-order valence-electron chi connectivity index (χ4n) is 2.32. The zero-order valence-corrected chi connectivity index (χ0v) is 13.2. The molecule has 0 spiro atoms. The molecule has 20 heavy (non-hydrogen) atoms. The molecular formula is C17H17NS2. The van der Waals surface area contributed by atoms with Gasteiger partial charge in [-0.2, -0.15) is 0 Å². The van der Waals surface area contributed by atoms with Gasteiger partial charge < -0.3 is 4.90 Å². The minimum absolute atomic E-state index is 0.425. The molecule has 0 amide bonds. The van der Waals surface area contributed by atoms with Gasteiger partial charge in [0.15, 0.2) is 0 Å². The van der Waals surface area contributed by atoms with Gasteiger partial charge in [-0.05, 0) is 17.7 Å². The van der Waals surface area contributed by atoms with Crippen LogP contribution >= 0.6 is 21.6 Å². The van der Waals surface area contributed by atoms with Gasteiger partial charge in [0.2, 0.25) is 0 Å². The third-order valence-corrected chi connectivity index (χ3v) is 6.00. The maximum Gasteiger partial charge on any atom is 0.0619 e. The summed E-state index contributed by atoms with van der Waals surface area (Å²) in [5, 5.41) is 0.425. The van der Waals surface area contributed by atoms with Crippen molar-refractivity contribution < 1.29 is 0 Å². The Morgan fingerprint density at radius 1 is 1.00 bits per heavy atom. The predicted molar refractivity (Wildman–Crippen MR) is 92.4 cm³/mol. The number of benzene rings is 2. The van der Waals surface area contributed by atoms with E-state index in [1.807, 2.05) is 21.6 Å². The molecule has 1 unspecified atom stereocenters. The minimum Gasteiger partial charge on any atom is -0.377 e. The summed E-state index contributed by atoms with van der Waals surface area (Å²) in [6.45, 7) is 0. The average molecular weight is 299 g/mol. The van der Waals surface area contributed by atoms with Crippen LogP contribution in [0.4, 0.5) is 5.69 Å². The molecule has 0 saturated heterocycles. The fourth-order valence-corrected chi connectivity index (χ4v) is 5.09. The molecule has 0 radical (unpaired) electrons. The van der Waals surface area contributed by atoms with Crippen molar-refractivity contribution in [3.8, 4) is 0 Å². The second-order valence-electron chi connectivity index (χ2n) is 4.95. The van der Waals surface area contributed by atoms with E-state index in [1.54, 1.807) is 0 Å². The third-order valence-electron chi connectivity index (χ3n) is 3.31. The van der Waals surface area contributed by atoms with Crippen molar-refractivity contribution in [3.63, 3.8) is 0 Å². The summed E-state index contributed by atoms with van der Waals surface area (Å²) in [5.74, 6) is 0. The molecule has 2 aromatic rings. The van der Waals surface area contributed by atoms with Crippen molar-refractivity contribution in [2.24, 2.45) is 0 Å². The molecule has 0 N–H and O–H groups in total. The van der Waals surface area contributed by atoms with Gasteiger partial charge >= 0.3 is 0 Å². The Morgan fingerprint density at radius 2 is 1.80 bits per heavy atom. The van der Waals surface area contributed by atoms with Gasteiger partial charge in [0.25, 0.3) is 0 Å². The summed E-state index contributed by atoms with van der Waals surface area (Å²) < 4.78 is 0. The van der Waals surface area contributed by atoms with E-state index in [2.05, 4.69) is 79.7 Å². The molecular weight excluding hydrogens is 282 g/mol. The van der Waals surface area contributed by atoms with Crippen LogP contribution in [0.2, 0.25) is 0 Å². The van der Waals surface area contributed by atoms with Crippen molar-refractivity contribution in [1.82, 2.24) is 0 Å². The maximum absolute atomic E-state index is 2.31. The molecule has 3 rings (SSSR count). The first-order valence-corrected chi connectivity index (χ1v) is 8.84. The first-order valence-electron chi connectivity index (χ1n) is 6.62. The van der Waals surface area contributed by atoms with Crippen molar-refractivity contribution in [2.45, 2.75) is 10.1 Å². The van der Waals surface area contributed by atoms with Crippen molar-refractivity contribution in [3.05, 3.63) is 65.7 Å². The van der Waals surface area contributed by atoms with E-state index in [-0.39, 0.29) is 0 Å². The molecule has 102 valence electrons. The lowest BCUT2D eigenvalue weighted by molar-refractivity contribution is 1.06. The second-order valence-corrected chi connectivity index (χ2v) is 7.34. The summed E-state index contributed by atoms with van der Waals surface area (Å²) >= 11 is 0. The Kier molecular flexibility index (Phi) is 4.08. The van der Waals surface area contributed by atoms with Crippen LogP contribution in [0.15, 0.2) is 59.5 Å². The predicted octanol–water partition coefficient (Wildman–Crippen LogP) is 5.26. The van der Waals surface area contributed by atoms with Crippen LogP contribution in [-0.4, -0.2) is 14.1 Å². The summed E-state index contributed by atoms with van der Waals surface area (Å²) in [7, 11) is 8.03. The van der Waals surface area contributed by atoms with E-state index < -0.39 is 0 Å². The van der Waals surface area contributed by atoms with E-state index >= 15 is 0 Å². The Labute approximate surface area is 128 Å². The van der Waals surface area contributed by atoms with Gasteiger partial charge in [0.1, 0.15) is 0 Å². The largest absolute Gasteiger partial charge is 0.377 e. The highest BCUT2D eigenvalue weighted by Crippen LogP contribution is 2.56. The number of rotatable bonds is 3. The molecule has 1 aliphatic heterocycles. The normalized spacial score (nSPS) is 17.4. The summed E-state index contributed by atoms with van der Waals surface area (Å²) in [6.07, 6.45) is 4.53. The van der Waals surface area contributed by atoms with E-state index in [4.69, 9.17) is 0 Å². The molecule has 1 heterocycles. The monoisotopic (exact) mass is 299 g/mol. The molecule has 1 aliphatic rings. The van der Waals surface area contributed by atoms with Crippen LogP contribution in [0.1, 0.15) is 16.4 Å². The topological polar surface area (TPSA) is 3.24 Å². The highest BCUT2D eigenvalue weighted by atomic mass is 33.1. The molecule has 0 fully saturated rings. The van der Waals surface area contributed by atoms with Crippen LogP contribution < -0.4 is 4.90 Å². The zero-order chi connectivity index (χ0) is 13.9. The first-order chi connectivity index (χ1) is 9.75. The number of fused-ring (bicyclic) bond motifs is 1. The lowest BCUT2D eigenvalue weighted by Gasteiger charge is -2.18. The van der Waals surface area contributed by atoms with E-state index in [9.17, 15) is 0 Å². The van der Waals surface area contributed by atoms with Crippen LogP contribution in [0, 0.1) is 0 Å². The molecule has 0 aliphatic carbocycles. The molecule has 1 atom stereocenters. The van der Waals surface area contributed by atoms with Crippen molar-refractivity contribution in [1.29, 1.82) is 0 Å². The SMILES string of the molecule is CN(C)c1cccc2c1C(C=Cc1ccccc1)SS2. The standard InChI is InChI=1S/C17H17NS2/c1-18(2)14-9-6-10-15-17(14)16(20-19-15)12-11-13-7-4-3-5-8-13/h3-12,16H,1-2H3. The molecule has 0 bridgehead atoms. The molecule has 0 aromatic heterocycles. The van der Waals surface area contributed by atoms with Gasteiger partial charge in [-0.1, -0.05) is 70.1 Å². The first kappa shape index (κ1) is 13.7. The van der Waals surface area contributed by atoms with Crippen molar-refractivity contribution in [2.75, 3.05) is 19.0 Å². The Bertz CT molecular complexity index is 620. The molecule has 3 heteroatoms. The lowest BCUT2D eigenvalue weighted by Crippen LogP contribution is -2.11. The number of nitrogens with zero attached hydrogens (tertiary/aromatic N) is 1. The smallest absolute Gasteiger partial charge is 0.0619 e. The molecule has 2 aromatic carbocycles. The van der Waals surface area contributed by atoms with Gasteiger partial charge in [-0.25, -0.2) is 0 Å². The Balaban J connectivity index is 1.91. The third kappa shape index (κ3) is 2.74. The summed E-state index contributed by atoms with van der Waals surface area (Å²) in [6, 6.07) is 17.1. The van der Waals surface area contributed by atoms with E-state index in [0.29, 0.717) is 5.25 Å². The summed E-state index contributed by atoms with van der Waals surface area (Å²) in [4.78, 5) is 3.60. The van der Waals surface area contributed by atoms with Gasteiger partial charge in [0, 0.05) is 30.2 Å². The number of anilines is 1. The Hall–Kier alpha value is -1.32. The fraction of sp³-hybridized carbons (Fsp3) is 0.176. The second kappa shape index (κ2) is 5.98. The average Bonchev–Trinajstić information content (AvgIpc) is 2.89. The van der Waals surface area contributed by atoms with E-state index in [1.165, 1.54) is 21.7 Å². The van der Waals surface area contributed by atoms with Crippen molar-refractivity contribution >= 4 is 33.4 Å². The van der Waals surface area contributed by atoms with E-state index in [0.717, 1.165) is 0 Å². The Morgan fingerprint density at radius 3 is 2.55 bits per heavy atom. The quantitative estimate of drug-likeness (QED) is 0.712. The van der Waals surface area contributed by atoms with Gasteiger partial charge in [-0.3, -0.25) is 0 Å². The molecule has 1 nitrogen and oxygen atoms in total.